The van der Waals surface area contributed by atoms with Crippen molar-refractivity contribution in [3.05, 3.63) is 65.5 Å². The quantitative estimate of drug-likeness (QED) is 0.939. The van der Waals surface area contributed by atoms with E-state index in [-0.39, 0.29) is 11.7 Å². The molecule has 1 amide bonds. The second-order valence-corrected chi connectivity index (χ2v) is 5.91. The Kier molecular flexibility index (Phi) is 4.91. The van der Waals surface area contributed by atoms with E-state index >= 15 is 0 Å². The average Bonchev–Trinajstić information content (AvgIpc) is 2.76. The van der Waals surface area contributed by atoms with Crippen molar-refractivity contribution in [2.45, 2.75) is 25.8 Å². The Bertz CT molecular complexity index is 672. The number of hydrogen-bond donors (Lipinski definition) is 1. The maximum absolute atomic E-state index is 13.4. The van der Waals surface area contributed by atoms with Crippen molar-refractivity contribution in [3.8, 4) is 0 Å². The molecule has 3 nitrogen and oxygen atoms in total. The molecular formula is C19H21FN2O. The molecule has 0 aromatic heterocycles. The van der Waals surface area contributed by atoms with E-state index in [0.717, 1.165) is 42.6 Å². The molecule has 1 N–H and O–H groups in total. The summed E-state index contributed by atoms with van der Waals surface area (Å²) < 4.78 is 13.4. The third-order valence-electron chi connectivity index (χ3n) is 4.17. The van der Waals surface area contributed by atoms with Crippen LogP contribution >= 0.6 is 0 Å². The zero-order valence-corrected chi connectivity index (χ0v) is 13.1. The minimum Gasteiger partial charge on any atom is -0.362 e. The lowest BCUT2D eigenvalue weighted by atomic mass is 10.1. The van der Waals surface area contributed by atoms with Crippen LogP contribution in [0.1, 0.15) is 24.0 Å². The average molecular weight is 312 g/mol. The van der Waals surface area contributed by atoms with Crippen molar-refractivity contribution >= 4 is 11.6 Å². The van der Waals surface area contributed by atoms with Crippen LogP contribution in [0.15, 0.2) is 48.5 Å². The SMILES string of the molecule is O=C(CN1CCCCc2cc(F)ccc21)NCc1ccccc1. The molecule has 0 spiro atoms. The van der Waals surface area contributed by atoms with Gasteiger partial charge in [0.25, 0.3) is 0 Å². The number of nitrogens with one attached hydrogen (secondary N) is 1. The molecule has 2 aromatic carbocycles. The van der Waals surface area contributed by atoms with Crippen LogP contribution in [0, 0.1) is 5.82 Å². The molecule has 0 aliphatic carbocycles. The second kappa shape index (κ2) is 7.27. The van der Waals surface area contributed by atoms with Crippen molar-refractivity contribution in [1.82, 2.24) is 5.32 Å². The van der Waals surface area contributed by atoms with Crippen molar-refractivity contribution in [2.75, 3.05) is 18.0 Å². The van der Waals surface area contributed by atoms with Crippen molar-refractivity contribution < 1.29 is 9.18 Å². The lowest BCUT2D eigenvalue weighted by molar-refractivity contribution is -0.119. The molecular weight excluding hydrogens is 291 g/mol. The number of benzene rings is 2. The van der Waals surface area contributed by atoms with E-state index in [0.29, 0.717) is 13.1 Å². The Morgan fingerprint density at radius 3 is 2.78 bits per heavy atom. The molecule has 0 bridgehead atoms. The van der Waals surface area contributed by atoms with Crippen molar-refractivity contribution in [1.29, 1.82) is 0 Å². The predicted octanol–water partition coefficient (Wildman–Crippen LogP) is 3.28. The highest BCUT2D eigenvalue weighted by Gasteiger charge is 2.18. The number of halogens is 1. The topological polar surface area (TPSA) is 32.3 Å². The maximum atomic E-state index is 13.4. The van der Waals surface area contributed by atoms with E-state index in [1.165, 1.54) is 6.07 Å². The number of carbonyl (C=O) groups excluding carboxylic acids is 1. The highest BCUT2D eigenvalue weighted by molar-refractivity contribution is 5.81. The van der Waals surface area contributed by atoms with Gasteiger partial charge in [0, 0.05) is 18.8 Å². The first-order valence-electron chi connectivity index (χ1n) is 8.06. The third-order valence-corrected chi connectivity index (χ3v) is 4.17. The highest BCUT2D eigenvalue weighted by Crippen LogP contribution is 2.26. The smallest absolute Gasteiger partial charge is 0.239 e. The summed E-state index contributed by atoms with van der Waals surface area (Å²) in [6.45, 7) is 1.67. The number of amides is 1. The minimum atomic E-state index is -0.209. The maximum Gasteiger partial charge on any atom is 0.239 e. The van der Waals surface area contributed by atoms with Crippen LogP contribution in [0.3, 0.4) is 0 Å². The van der Waals surface area contributed by atoms with Gasteiger partial charge >= 0.3 is 0 Å². The Balaban J connectivity index is 1.64. The lowest BCUT2D eigenvalue weighted by Crippen LogP contribution is -2.37. The van der Waals surface area contributed by atoms with Crippen LogP contribution < -0.4 is 10.2 Å². The van der Waals surface area contributed by atoms with Gasteiger partial charge < -0.3 is 10.2 Å². The fraction of sp³-hybridized carbons (Fsp3) is 0.316. The van der Waals surface area contributed by atoms with E-state index in [2.05, 4.69) is 10.2 Å². The third kappa shape index (κ3) is 4.09. The molecule has 23 heavy (non-hydrogen) atoms. The van der Waals surface area contributed by atoms with Crippen LogP contribution in [0.2, 0.25) is 0 Å². The van der Waals surface area contributed by atoms with Crippen molar-refractivity contribution in [2.24, 2.45) is 0 Å². The molecule has 1 heterocycles. The van der Waals surface area contributed by atoms with Gasteiger partial charge in [0.15, 0.2) is 0 Å². The number of nitrogens with zero attached hydrogens (tertiary/aromatic N) is 1. The molecule has 0 atom stereocenters. The summed E-state index contributed by atoms with van der Waals surface area (Å²) in [7, 11) is 0. The molecule has 0 unspecified atom stereocenters. The summed E-state index contributed by atoms with van der Waals surface area (Å²) in [5, 5.41) is 2.95. The molecule has 4 heteroatoms. The first-order chi connectivity index (χ1) is 11.2. The van der Waals surface area contributed by atoms with Gasteiger partial charge in [-0.05, 0) is 48.6 Å². The lowest BCUT2D eigenvalue weighted by Gasteiger charge is -2.24. The van der Waals surface area contributed by atoms with E-state index in [9.17, 15) is 9.18 Å². The van der Waals surface area contributed by atoms with E-state index in [1.54, 1.807) is 12.1 Å². The summed E-state index contributed by atoms with van der Waals surface area (Å²) in [6.07, 6.45) is 2.91. The standard InChI is InChI=1S/C19H21FN2O/c20-17-9-10-18-16(12-17)8-4-5-11-22(18)14-19(23)21-13-15-6-2-1-3-7-15/h1-3,6-7,9-10,12H,4-5,8,11,13-14H2,(H,21,23). The Morgan fingerprint density at radius 2 is 1.96 bits per heavy atom. The Labute approximate surface area is 136 Å². The first kappa shape index (κ1) is 15.5. The summed E-state index contributed by atoms with van der Waals surface area (Å²) in [6, 6.07) is 14.7. The van der Waals surface area contributed by atoms with E-state index < -0.39 is 0 Å². The predicted molar refractivity (Wildman–Crippen MR) is 89.8 cm³/mol. The number of carbonyl (C=O) groups is 1. The highest BCUT2D eigenvalue weighted by atomic mass is 19.1. The number of anilines is 1. The molecule has 120 valence electrons. The molecule has 1 aliphatic heterocycles. The minimum absolute atomic E-state index is 0.00831. The zero-order valence-electron chi connectivity index (χ0n) is 13.1. The van der Waals surface area contributed by atoms with Crippen LogP contribution in [0.5, 0.6) is 0 Å². The van der Waals surface area contributed by atoms with Gasteiger partial charge in [0.05, 0.1) is 6.54 Å². The molecule has 0 radical (unpaired) electrons. The molecule has 0 fully saturated rings. The number of hydrogen-bond acceptors (Lipinski definition) is 2. The Morgan fingerprint density at radius 1 is 1.13 bits per heavy atom. The largest absolute Gasteiger partial charge is 0.362 e. The normalized spacial score (nSPS) is 14.0. The summed E-state index contributed by atoms with van der Waals surface area (Å²) in [5.74, 6) is -0.217. The fourth-order valence-corrected chi connectivity index (χ4v) is 2.99. The molecule has 2 aromatic rings. The van der Waals surface area contributed by atoms with Gasteiger partial charge in [-0.2, -0.15) is 0 Å². The number of aryl methyl sites for hydroxylation is 1. The fourth-order valence-electron chi connectivity index (χ4n) is 2.99. The summed E-state index contributed by atoms with van der Waals surface area (Å²) in [5.41, 5.74) is 3.07. The van der Waals surface area contributed by atoms with Crippen LogP contribution in [0.4, 0.5) is 10.1 Å². The number of rotatable bonds is 4. The molecule has 0 saturated carbocycles. The van der Waals surface area contributed by atoms with Gasteiger partial charge in [-0.1, -0.05) is 30.3 Å². The van der Waals surface area contributed by atoms with Gasteiger partial charge in [-0.15, -0.1) is 0 Å². The van der Waals surface area contributed by atoms with E-state index in [1.807, 2.05) is 30.3 Å². The Hall–Kier alpha value is -2.36. The summed E-state index contributed by atoms with van der Waals surface area (Å²) >= 11 is 0. The first-order valence-corrected chi connectivity index (χ1v) is 8.06. The second-order valence-electron chi connectivity index (χ2n) is 5.91. The van der Waals surface area contributed by atoms with Crippen LogP contribution in [0.25, 0.3) is 0 Å². The van der Waals surface area contributed by atoms with Gasteiger partial charge in [-0.3, -0.25) is 4.79 Å². The zero-order chi connectivity index (χ0) is 16.1. The van der Waals surface area contributed by atoms with Gasteiger partial charge in [0.1, 0.15) is 5.82 Å². The molecule has 1 aliphatic rings. The van der Waals surface area contributed by atoms with Gasteiger partial charge in [0.2, 0.25) is 5.91 Å². The van der Waals surface area contributed by atoms with E-state index in [4.69, 9.17) is 0 Å². The number of fused-ring (bicyclic) bond motifs is 1. The van der Waals surface area contributed by atoms with Gasteiger partial charge in [-0.25, -0.2) is 4.39 Å². The van der Waals surface area contributed by atoms with Crippen LogP contribution in [-0.4, -0.2) is 19.0 Å². The molecule has 0 saturated heterocycles. The van der Waals surface area contributed by atoms with Crippen molar-refractivity contribution in [3.63, 3.8) is 0 Å². The monoisotopic (exact) mass is 312 g/mol. The van der Waals surface area contributed by atoms with Crippen LogP contribution in [-0.2, 0) is 17.8 Å². The summed E-state index contributed by atoms with van der Waals surface area (Å²) in [4.78, 5) is 14.3. The molecule has 3 rings (SSSR count).